The van der Waals surface area contributed by atoms with Gasteiger partial charge in [0.25, 0.3) is 5.91 Å². The first kappa shape index (κ1) is 14.0. The van der Waals surface area contributed by atoms with Crippen LogP contribution in [0.3, 0.4) is 0 Å². The Hall–Kier alpha value is -1.94. The lowest BCUT2D eigenvalue weighted by Gasteiger charge is -2.49. The summed E-state index contributed by atoms with van der Waals surface area (Å²) in [7, 11) is 0. The second kappa shape index (κ2) is 4.81. The number of aliphatic hydroxyl groups excluding tert-OH is 1. The Morgan fingerprint density at radius 1 is 1.38 bits per heavy atom. The third-order valence-electron chi connectivity index (χ3n) is 4.61. The zero-order chi connectivity index (χ0) is 15.2. The van der Waals surface area contributed by atoms with Gasteiger partial charge in [-0.15, -0.1) is 0 Å². The molecule has 0 spiro atoms. The van der Waals surface area contributed by atoms with E-state index in [2.05, 4.69) is 10.3 Å². The Morgan fingerprint density at radius 2 is 2.10 bits per heavy atom. The van der Waals surface area contributed by atoms with E-state index in [0.29, 0.717) is 12.0 Å². The van der Waals surface area contributed by atoms with Crippen LogP contribution < -0.4 is 5.32 Å². The van der Waals surface area contributed by atoms with E-state index in [9.17, 15) is 9.90 Å². The molecule has 0 bridgehead atoms. The third-order valence-corrected chi connectivity index (χ3v) is 4.61. The summed E-state index contributed by atoms with van der Waals surface area (Å²) in [5, 5.41) is 13.7. The highest BCUT2D eigenvalue weighted by atomic mass is 16.3. The molecule has 1 aliphatic rings. The van der Waals surface area contributed by atoms with Gasteiger partial charge in [0.05, 0.1) is 17.2 Å². The summed E-state index contributed by atoms with van der Waals surface area (Å²) in [5.74, 6) is -0.0957. The summed E-state index contributed by atoms with van der Waals surface area (Å²) < 4.78 is 0. The molecule has 2 unspecified atom stereocenters. The summed E-state index contributed by atoms with van der Waals surface area (Å²) in [6, 6.07) is 9.48. The fraction of sp³-hybridized carbons (Fsp3) is 0.412. The Kier molecular flexibility index (Phi) is 3.21. The van der Waals surface area contributed by atoms with Gasteiger partial charge in [0.15, 0.2) is 0 Å². The van der Waals surface area contributed by atoms with Gasteiger partial charge < -0.3 is 10.4 Å². The fourth-order valence-corrected chi connectivity index (χ4v) is 2.88. The Labute approximate surface area is 124 Å². The summed E-state index contributed by atoms with van der Waals surface area (Å²) in [6.07, 6.45) is 0.263. The maximum atomic E-state index is 12.6. The number of hydrogen-bond acceptors (Lipinski definition) is 3. The number of carbonyl (C=O) groups excluding carboxylic acids is 1. The molecule has 3 rings (SSSR count). The van der Waals surface area contributed by atoms with E-state index in [-0.39, 0.29) is 23.5 Å². The van der Waals surface area contributed by atoms with Crippen molar-refractivity contribution in [1.29, 1.82) is 0 Å². The van der Waals surface area contributed by atoms with Crippen molar-refractivity contribution in [2.45, 2.75) is 39.3 Å². The minimum absolute atomic E-state index is 0.00670. The molecular weight excluding hydrogens is 264 g/mol. The normalized spacial score (nSPS) is 23.6. The molecule has 1 aromatic heterocycles. The zero-order valence-electron chi connectivity index (χ0n) is 12.6. The molecule has 1 amide bonds. The topological polar surface area (TPSA) is 62.2 Å². The fourth-order valence-electron chi connectivity index (χ4n) is 2.88. The zero-order valence-corrected chi connectivity index (χ0v) is 12.6. The summed E-state index contributed by atoms with van der Waals surface area (Å²) >= 11 is 0. The van der Waals surface area contributed by atoms with Crippen LogP contribution in [-0.4, -0.2) is 28.1 Å². The average molecular weight is 284 g/mol. The molecule has 0 saturated heterocycles. The average Bonchev–Trinajstić information content (AvgIpc) is 2.45. The van der Waals surface area contributed by atoms with Crippen LogP contribution in [0.1, 0.15) is 36.3 Å². The van der Waals surface area contributed by atoms with Crippen molar-refractivity contribution in [3.05, 3.63) is 41.6 Å². The molecule has 1 aliphatic carbocycles. The molecule has 2 N–H and O–H groups in total. The second-order valence-electron chi connectivity index (χ2n) is 6.43. The first-order valence-corrected chi connectivity index (χ1v) is 7.25. The molecule has 110 valence electrons. The molecule has 4 nitrogen and oxygen atoms in total. The Morgan fingerprint density at radius 3 is 2.76 bits per heavy atom. The van der Waals surface area contributed by atoms with E-state index in [1.54, 1.807) is 0 Å². The number of hydrogen-bond donors (Lipinski definition) is 2. The van der Waals surface area contributed by atoms with Gasteiger partial charge in [-0.1, -0.05) is 32.0 Å². The SMILES string of the molecule is Cc1cc(C(=O)NC2CC(O)C2(C)C)c2ccccc2n1. The highest BCUT2D eigenvalue weighted by Gasteiger charge is 2.48. The molecule has 0 radical (unpaired) electrons. The van der Waals surface area contributed by atoms with Crippen molar-refractivity contribution in [3.63, 3.8) is 0 Å². The number of benzene rings is 1. The van der Waals surface area contributed by atoms with Crippen molar-refractivity contribution < 1.29 is 9.90 Å². The molecule has 2 atom stereocenters. The maximum absolute atomic E-state index is 12.6. The van der Waals surface area contributed by atoms with Gasteiger partial charge in [0.2, 0.25) is 0 Å². The van der Waals surface area contributed by atoms with Crippen LogP contribution in [0.2, 0.25) is 0 Å². The minimum atomic E-state index is -0.348. The smallest absolute Gasteiger partial charge is 0.252 e. The highest BCUT2D eigenvalue weighted by Crippen LogP contribution is 2.40. The molecule has 4 heteroatoms. The van der Waals surface area contributed by atoms with Crippen LogP contribution in [0, 0.1) is 12.3 Å². The van der Waals surface area contributed by atoms with Gasteiger partial charge in [0.1, 0.15) is 0 Å². The lowest BCUT2D eigenvalue weighted by molar-refractivity contribution is -0.0689. The summed E-state index contributed by atoms with van der Waals surface area (Å²) in [6.45, 7) is 5.84. The third kappa shape index (κ3) is 2.29. The number of fused-ring (bicyclic) bond motifs is 1. The predicted octanol–water partition coefficient (Wildman–Crippen LogP) is 2.43. The van der Waals surface area contributed by atoms with E-state index in [1.165, 1.54) is 0 Å². The van der Waals surface area contributed by atoms with Gasteiger partial charge in [-0.25, -0.2) is 0 Å². The quantitative estimate of drug-likeness (QED) is 0.890. The van der Waals surface area contributed by atoms with Crippen LogP contribution in [0.25, 0.3) is 10.9 Å². The first-order valence-electron chi connectivity index (χ1n) is 7.25. The van der Waals surface area contributed by atoms with E-state index in [1.807, 2.05) is 51.1 Å². The number of carbonyl (C=O) groups is 1. The number of amides is 1. The number of nitrogens with zero attached hydrogens (tertiary/aromatic N) is 1. The maximum Gasteiger partial charge on any atom is 0.252 e. The molecular formula is C17H20N2O2. The number of aryl methyl sites for hydroxylation is 1. The number of para-hydroxylation sites is 1. The molecule has 0 aliphatic heterocycles. The second-order valence-corrected chi connectivity index (χ2v) is 6.43. The van der Waals surface area contributed by atoms with Crippen LogP contribution in [0.5, 0.6) is 0 Å². The summed E-state index contributed by atoms with van der Waals surface area (Å²) in [4.78, 5) is 17.0. The Bertz CT molecular complexity index is 709. The molecule has 1 fully saturated rings. The number of aromatic nitrogens is 1. The molecule has 2 aromatic rings. The van der Waals surface area contributed by atoms with E-state index in [0.717, 1.165) is 16.6 Å². The predicted molar refractivity (Wildman–Crippen MR) is 82.1 cm³/mol. The van der Waals surface area contributed by atoms with Crippen molar-refractivity contribution in [2.24, 2.45) is 5.41 Å². The van der Waals surface area contributed by atoms with Gasteiger partial charge >= 0.3 is 0 Å². The van der Waals surface area contributed by atoms with Gasteiger partial charge in [-0.3, -0.25) is 9.78 Å². The molecule has 1 saturated carbocycles. The minimum Gasteiger partial charge on any atom is -0.392 e. The molecule has 21 heavy (non-hydrogen) atoms. The van der Waals surface area contributed by atoms with E-state index in [4.69, 9.17) is 0 Å². The number of aliphatic hydroxyl groups is 1. The van der Waals surface area contributed by atoms with Crippen molar-refractivity contribution in [1.82, 2.24) is 10.3 Å². The van der Waals surface area contributed by atoms with Crippen LogP contribution >= 0.6 is 0 Å². The number of pyridine rings is 1. The van der Waals surface area contributed by atoms with Gasteiger partial charge in [-0.05, 0) is 25.5 Å². The van der Waals surface area contributed by atoms with Crippen molar-refractivity contribution in [2.75, 3.05) is 0 Å². The largest absolute Gasteiger partial charge is 0.392 e. The molecule has 1 heterocycles. The van der Waals surface area contributed by atoms with Crippen molar-refractivity contribution >= 4 is 16.8 Å². The van der Waals surface area contributed by atoms with E-state index >= 15 is 0 Å². The lowest BCUT2D eigenvalue weighted by Crippen LogP contribution is -2.61. The van der Waals surface area contributed by atoms with Crippen molar-refractivity contribution in [3.8, 4) is 0 Å². The monoisotopic (exact) mass is 284 g/mol. The highest BCUT2D eigenvalue weighted by molar-refractivity contribution is 6.06. The number of rotatable bonds is 2. The first-order chi connectivity index (χ1) is 9.89. The summed E-state index contributed by atoms with van der Waals surface area (Å²) in [5.41, 5.74) is 2.03. The lowest BCUT2D eigenvalue weighted by atomic mass is 9.64. The van der Waals surface area contributed by atoms with Gasteiger partial charge in [0, 0.05) is 22.5 Å². The van der Waals surface area contributed by atoms with Crippen LogP contribution in [0.4, 0.5) is 0 Å². The van der Waals surface area contributed by atoms with Gasteiger partial charge in [-0.2, -0.15) is 0 Å². The van der Waals surface area contributed by atoms with E-state index < -0.39 is 0 Å². The number of nitrogens with one attached hydrogen (secondary N) is 1. The van der Waals surface area contributed by atoms with Crippen LogP contribution in [-0.2, 0) is 0 Å². The Balaban J connectivity index is 1.92. The standard InChI is InChI=1S/C17H20N2O2/c1-10-8-12(11-6-4-5-7-13(11)18-10)16(21)19-14-9-15(20)17(14,2)3/h4-8,14-15,20H,9H2,1-3H3,(H,19,21). The molecule has 1 aromatic carbocycles. The van der Waals surface area contributed by atoms with Crippen LogP contribution in [0.15, 0.2) is 30.3 Å².